The van der Waals surface area contributed by atoms with E-state index in [1.54, 1.807) is 43.3 Å². The van der Waals surface area contributed by atoms with Crippen LogP contribution in [0.5, 0.6) is 0 Å². The number of benzene rings is 3. The fourth-order valence-electron chi connectivity index (χ4n) is 6.82. The second-order valence-electron chi connectivity index (χ2n) is 12.5. The molecule has 0 spiro atoms. The van der Waals surface area contributed by atoms with Gasteiger partial charge >= 0.3 is 5.97 Å². The average Bonchev–Trinajstić information content (AvgIpc) is 3.53. The van der Waals surface area contributed by atoms with E-state index in [4.69, 9.17) is 28.4 Å². The zero-order valence-electron chi connectivity index (χ0n) is 26.9. The summed E-state index contributed by atoms with van der Waals surface area (Å²) in [5.41, 5.74) is 2.24. The van der Waals surface area contributed by atoms with Crippen LogP contribution in [0.3, 0.4) is 0 Å². The Hall–Kier alpha value is -3.64. The maximum atomic E-state index is 14.7. The van der Waals surface area contributed by atoms with Gasteiger partial charge in [-0.2, -0.15) is 0 Å². The van der Waals surface area contributed by atoms with Gasteiger partial charge in [0.25, 0.3) is 0 Å². The minimum absolute atomic E-state index is 0.202. The molecular weight excluding hydrogens is 588 g/mol. The van der Waals surface area contributed by atoms with Crippen molar-refractivity contribution in [2.24, 2.45) is 0 Å². The molecule has 3 aliphatic heterocycles. The smallest absolute Gasteiger partial charge is 0.338 e. The molecule has 10 nitrogen and oxygen atoms in total. The minimum atomic E-state index is -0.872. The number of hydrogen-bond acceptors (Lipinski definition) is 9. The highest BCUT2D eigenvalue weighted by molar-refractivity contribution is 5.89. The number of nitrogens with zero attached hydrogens (tertiary/aromatic N) is 2. The van der Waals surface area contributed by atoms with E-state index in [9.17, 15) is 9.59 Å². The zero-order chi connectivity index (χ0) is 32.4. The minimum Gasteiger partial charge on any atom is -0.455 e. The summed E-state index contributed by atoms with van der Waals surface area (Å²) in [6.45, 7) is 4.19. The first-order valence-electron chi connectivity index (χ1n) is 15.6. The Morgan fingerprint density at radius 1 is 0.913 bits per heavy atom. The highest BCUT2D eigenvalue weighted by Gasteiger charge is 2.60. The van der Waals surface area contributed by atoms with Gasteiger partial charge in [-0.15, -0.1) is 0 Å². The summed E-state index contributed by atoms with van der Waals surface area (Å²) < 4.78 is 37.6. The Morgan fingerprint density at radius 3 is 2.17 bits per heavy atom. The SMILES string of the molecule is CO[C@@H]1O[C@H]([C@@H](OCc2ccccc2)[C@H]2C(=O)N(C)[C@H](c3ccccc3)[C@H](OC(=O)c3ccccc3)CN2C)[C@H]2OC(C)(C)O[C@@H]12. The third-order valence-electron chi connectivity index (χ3n) is 8.92. The molecule has 0 bridgehead atoms. The third-order valence-corrected chi connectivity index (χ3v) is 8.92. The number of likely N-dealkylation sites (N-methyl/N-ethyl adjacent to an activating group) is 2. The second kappa shape index (κ2) is 13.6. The summed E-state index contributed by atoms with van der Waals surface area (Å²) in [4.78, 5) is 31.7. The number of hydrogen-bond donors (Lipinski definition) is 0. The predicted molar refractivity (Wildman–Crippen MR) is 169 cm³/mol. The van der Waals surface area contributed by atoms with Crippen LogP contribution < -0.4 is 0 Å². The summed E-state index contributed by atoms with van der Waals surface area (Å²) in [7, 11) is 5.16. The molecule has 10 heteroatoms. The van der Waals surface area contributed by atoms with Crippen LogP contribution in [0, 0.1) is 0 Å². The van der Waals surface area contributed by atoms with Gasteiger partial charge in [0.05, 0.1) is 18.2 Å². The van der Waals surface area contributed by atoms with Crippen molar-refractivity contribution in [3.63, 3.8) is 0 Å². The van der Waals surface area contributed by atoms with Gasteiger partial charge in [-0.1, -0.05) is 78.9 Å². The maximum absolute atomic E-state index is 14.7. The summed E-state index contributed by atoms with van der Waals surface area (Å²) in [5.74, 6) is -1.53. The van der Waals surface area contributed by atoms with Crippen LogP contribution in [-0.4, -0.2) is 98.1 Å². The number of methoxy groups -OCH3 is 1. The van der Waals surface area contributed by atoms with Crippen LogP contribution in [0.1, 0.15) is 41.4 Å². The van der Waals surface area contributed by atoms with Crippen LogP contribution in [0.25, 0.3) is 0 Å². The molecule has 6 rings (SSSR count). The van der Waals surface area contributed by atoms with Gasteiger partial charge in [0.15, 0.2) is 12.1 Å². The van der Waals surface area contributed by atoms with Crippen molar-refractivity contribution in [2.45, 2.75) is 75.1 Å². The van der Waals surface area contributed by atoms with Crippen LogP contribution in [0.2, 0.25) is 0 Å². The van der Waals surface area contributed by atoms with Crippen LogP contribution in [0.15, 0.2) is 91.0 Å². The molecule has 1 amide bonds. The number of ether oxygens (including phenoxy) is 6. The number of carbonyl (C=O) groups is 2. The van der Waals surface area contributed by atoms with Crippen LogP contribution in [0.4, 0.5) is 0 Å². The Balaban J connectivity index is 1.37. The van der Waals surface area contributed by atoms with E-state index >= 15 is 0 Å². The lowest BCUT2D eigenvalue weighted by atomic mass is 9.97. The van der Waals surface area contributed by atoms with E-state index in [2.05, 4.69) is 0 Å². The van der Waals surface area contributed by atoms with Gasteiger partial charge < -0.3 is 33.3 Å². The lowest BCUT2D eigenvalue weighted by Gasteiger charge is -2.37. The average molecular weight is 631 g/mol. The molecule has 0 aromatic heterocycles. The largest absolute Gasteiger partial charge is 0.455 e. The molecular formula is C36H42N2O8. The third kappa shape index (κ3) is 6.60. The molecule has 0 N–H and O–H groups in total. The Morgan fingerprint density at radius 2 is 1.52 bits per heavy atom. The molecule has 8 atom stereocenters. The molecule has 0 unspecified atom stereocenters. The Labute approximate surface area is 270 Å². The Kier molecular flexibility index (Phi) is 9.56. The number of rotatable bonds is 9. The van der Waals surface area contributed by atoms with Crippen molar-refractivity contribution in [1.82, 2.24) is 9.80 Å². The molecule has 3 aromatic carbocycles. The summed E-state index contributed by atoms with van der Waals surface area (Å²) in [6.07, 6.45) is -3.96. The quantitative estimate of drug-likeness (QED) is 0.323. The first-order chi connectivity index (χ1) is 22.2. The molecule has 3 heterocycles. The van der Waals surface area contributed by atoms with Gasteiger partial charge in [-0.3, -0.25) is 9.69 Å². The van der Waals surface area contributed by atoms with Crippen LogP contribution >= 0.6 is 0 Å². The number of fused-ring (bicyclic) bond motifs is 1. The topological polar surface area (TPSA) is 96.0 Å². The van der Waals surface area contributed by atoms with Gasteiger partial charge in [0.1, 0.15) is 36.6 Å². The van der Waals surface area contributed by atoms with Crippen LogP contribution in [-0.2, 0) is 39.8 Å². The van der Waals surface area contributed by atoms with E-state index in [0.717, 1.165) is 11.1 Å². The second-order valence-corrected chi connectivity index (χ2v) is 12.5. The highest BCUT2D eigenvalue weighted by atomic mass is 16.8. The summed E-state index contributed by atoms with van der Waals surface area (Å²) >= 11 is 0. The van der Waals surface area contributed by atoms with Crippen molar-refractivity contribution in [1.29, 1.82) is 0 Å². The molecule has 0 aliphatic carbocycles. The van der Waals surface area contributed by atoms with Crippen molar-refractivity contribution in [3.05, 3.63) is 108 Å². The lowest BCUT2D eigenvalue weighted by Crippen LogP contribution is -2.57. The highest BCUT2D eigenvalue weighted by Crippen LogP contribution is 2.42. The first kappa shape index (κ1) is 32.3. The van der Waals surface area contributed by atoms with Crippen molar-refractivity contribution >= 4 is 11.9 Å². The molecule has 0 saturated carbocycles. The fourth-order valence-corrected chi connectivity index (χ4v) is 6.82. The Bertz CT molecular complexity index is 1470. The van der Waals surface area contributed by atoms with E-state index in [1.165, 1.54) is 0 Å². The van der Waals surface area contributed by atoms with Gasteiger partial charge in [-0.25, -0.2) is 4.79 Å². The maximum Gasteiger partial charge on any atom is 0.338 e. The fraction of sp³-hybridized carbons (Fsp3) is 0.444. The molecule has 244 valence electrons. The molecule has 3 fully saturated rings. The number of esters is 1. The van der Waals surface area contributed by atoms with Crippen molar-refractivity contribution in [3.8, 4) is 0 Å². The lowest BCUT2D eigenvalue weighted by molar-refractivity contribution is -0.244. The van der Waals surface area contributed by atoms with Crippen molar-refractivity contribution < 1.29 is 38.0 Å². The predicted octanol–water partition coefficient (Wildman–Crippen LogP) is 4.20. The first-order valence-corrected chi connectivity index (χ1v) is 15.6. The van der Waals surface area contributed by atoms with E-state index < -0.39 is 60.6 Å². The van der Waals surface area contributed by atoms with E-state index in [0.29, 0.717) is 5.56 Å². The normalized spacial score (nSPS) is 30.1. The van der Waals surface area contributed by atoms with Gasteiger partial charge in [0.2, 0.25) is 5.91 Å². The number of carbonyl (C=O) groups excluding carboxylic acids is 2. The molecule has 3 aliphatic rings. The summed E-state index contributed by atoms with van der Waals surface area (Å²) in [6, 6.07) is 26.9. The summed E-state index contributed by atoms with van der Waals surface area (Å²) in [5, 5.41) is 0. The molecule has 3 aromatic rings. The molecule has 3 saturated heterocycles. The van der Waals surface area contributed by atoms with Crippen molar-refractivity contribution in [2.75, 3.05) is 27.7 Å². The van der Waals surface area contributed by atoms with Gasteiger partial charge in [0, 0.05) is 20.7 Å². The van der Waals surface area contributed by atoms with Gasteiger partial charge in [-0.05, 0) is 44.2 Å². The molecule has 46 heavy (non-hydrogen) atoms. The zero-order valence-corrected chi connectivity index (χ0v) is 26.9. The van der Waals surface area contributed by atoms with E-state index in [-0.39, 0.29) is 19.1 Å². The molecule has 0 radical (unpaired) electrons. The standard InChI is InChI=1S/C36H42N2O8/c1-36(2)45-31-30(44-35(41-5)32(31)46-36)29(42-22-23-15-9-6-10-16-23)28-33(39)38(4)27(24-17-11-7-12-18-24)26(21-37(28)3)43-34(40)25-19-13-8-14-20-25/h6-20,26-32,35H,21-22H2,1-5H3/t26-,27-,28+,29+,30-,31-,32-,35-/m1/s1. The van der Waals surface area contributed by atoms with E-state index in [1.807, 2.05) is 92.5 Å². The monoisotopic (exact) mass is 630 g/mol. The number of amides is 1.